The lowest BCUT2D eigenvalue weighted by atomic mass is 10.0. The number of aromatic amines is 1. The van der Waals surface area contributed by atoms with E-state index in [1.54, 1.807) is 6.20 Å². The van der Waals surface area contributed by atoms with E-state index in [9.17, 15) is 0 Å². The van der Waals surface area contributed by atoms with Crippen molar-refractivity contribution in [2.45, 2.75) is 27.7 Å². The van der Waals surface area contributed by atoms with E-state index in [1.807, 2.05) is 11.6 Å². The maximum absolute atomic E-state index is 5.37. The molecule has 108 valence electrons. The highest BCUT2D eigenvalue weighted by atomic mass is 32.1. The van der Waals surface area contributed by atoms with Crippen LogP contribution in [-0.4, -0.2) is 20.0 Å². The van der Waals surface area contributed by atoms with Gasteiger partial charge in [0.2, 0.25) is 5.89 Å². The van der Waals surface area contributed by atoms with Gasteiger partial charge in [0.1, 0.15) is 0 Å². The Kier molecular flexibility index (Phi) is 3.25. The molecule has 0 spiro atoms. The average molecular weight is 300 g/mol. The molecule has 3 rings (SSSR count). The van der Waals surface area contributed by atoms with E-state index >= 15 is 0 Å². The predicted molar refractivity (Wildman–Crippen MR) is 83.2 cm³/mol. The fourth-order valence-corrected chi connectivity index (χ4v) is 2.82. The van der Waals surface area contributed by atoms with Crippen molar-refractivity contribution in [1.82, 2.24) is 20.0 Å². The summed E-state index contributed by atoms with van der Waals surface area (Å²) in [4.78, 5) is 0.264. The Morgan fingerprint density at radius 2 is 1.81 bits per heavy atom. The number of aryl methyl sites for hydroxylation is 3. The molecule has 0 aliphatic rings. The largest absolute Gasteiger partial charge is 0.409 e. The van der Waals surface area contributed by atoms with Gasteiger partial charge >= 0.3 is 0 Å². The first-order valence-electron chi connectivity index (χ1n) is 6.66. The van der Waals surface area contributed by atoms with Crippen LogP contribution in [0.1, 0.15) is 22.4 Å². The second kappa shape index (κ2) is 4.96. The Hall–Kier alpha value is -2.21. The van der Waals surface area contributed by atoms with Gasteiger partial charge in [0, 0.05) is 0 Å². The summed E-state index contributed by atoms with van der Waals surface area (Å²) >= 11 is 4.92. The standard InChI is InChI=1S/C15H16N4OS/c1-8-5-9(2)13(10(3)6-8)19-11(4)12(7-16-19)14-17-18-15(21)20-14/h5-7H,1-4H3,(H,18,21). The van der Waals surface area contributed by atoms with E-state index in [-0.39, 0.29) is 4.84 Å². The molecular weight excluding hydrogens is 284 g/mol. The van der Waals surface area contributed by atoms with Crippen molar-refractivity contribution in [2.75, 3.05) is 0 Å². The van der Waals surface area contributed by atoms with E-state index in [4.69, 9.17) is 16.6 Å². The van der Waals surface area contributed by atoms with Gasteiger partial charge in [0.15, 0.2) is 0 Å². The van der Waals surface area contributed by atoms with Crippen LogP contribution in [0.15, 0.2) is 22.7 Å². The third-order valence-electron chi connectivity index (χ3n) is 3.53. The molecule has 1 aromatic carbocycles. The summed E-state index contributed by atoms with van der Waals surface area (Å²) in [6, 6.07) is 4.31. The highest BCUT2D eigenvalue weighted by Crippen LogP contribution is 2.27. The first kappa shape index (κ1) is 13.8. The quantitative estimate of drug-likeness (QED) is 0.731. The maximum Gasteiger partial charge on any atom is 0.284 e. The minimum absolute atomic E-state index is 0.264. The number of benzene rings is 1. The second-order valence-electron chi connectivity index (χ2n) is 5.22. The van der Waals surface area contributed by atoms with Gasteiger partial charge in [-0.25, -0.2) is 9.78 Å². The van der Waals surface area contributed by atoms with Crippen LogP contribution in [-0.2, 0) is 0 Å². The van der Waals surface area contributed by atoms with E-state index in [0.717, 1.165) is 16.9 Å². The van der Waals surface area contributed by atoms with E-state index in [0.29, 0.717) is 5.89 Å². The van der Waals surface area contributed by atoms with Crippen molar-refractivity contribution < 1.29 is 4.42 Å². The van der Waals surface area contributed by atoms with Gasteiger partial charge in [-0.2, -0.15) is 5.10 Å². The number of nitrogens with zero attached hydrogens (tertiary/aromatic N) is 3. The number of H-pyrrole nitrogens is 1. The van der Waals surface area contributed by atoms with Crippen LogP contribution >= 0.6 is 12.2 Å². The monoisotopic (exact) mass is 300 g/mol. The molecule has 0 atom stereocenters. The van der Waals surface area contributed by atoms with Gasteiger partial charge in [0.25, 0.3) is 4.84 Å². The molecule has 0 saturated heterocycles. The van der Waals surface area contributed by atoms with Gasteiger partial charge in [-0.05, 0) is 51.0 Å². The van der Waals surface area contributed by atoms with Crippen molar-refractivity contribution in [3.05, 3.63) is 45.6 Å². The highest BCUT2D eigenvalue weighted by molar-refractivity contribution is 7.71. The Morgan fingerprint density at radius 1 is 1.14 bits per heavy atom. The zero-order valence-electron chi connectivity index (χ0n) is 12.4. The number of rotatable bonds is 2. The predicted octanol–water partition coefficient (Wildman–Crippen LogP) is 3.82. The number of hydrogen-bond acceptors (Lipinski definition) is 4. The third-order valence-corrected chi connectivity index (χ3v) is 3.70. The molecule has 0 unspecified atom stereocenters. The molecule has 0 fully saturated rings. The topological polar surface area (TPSA) is 59.6 Å². The summed E-state index contributed by atoms with van der Waals surface area (Å²) < 4.78 is 7.30. The molecule has 0 amide bonds. The Bertz CT molecular complexity index is 849. The first-order chi connectivity index (χ1) is 9.97. The molecule has 21 heavy (non-hydrogen) atoms. The third kappa shape index (κ3) is 2.31. The average Bonchev–Trinajstić information content (AvgIpc) is 2.96. The van der Waals surface area contributed by atoms with Crippen LogP contribution in [0.25, 0.3) is 17.1 Å². The molecule has 5 nitrogen and oxygen atoms in total. The smallest absolute Gasteiger partial charge is 0.284 e. The molecule has 3 aromatic rings. The summed E-state index contributed by atoms with van der Waals surface area (Å²) in [5.74, 6) is 0.464. The summed E-state index contributed by atoms with van der Waals surface area (Å²) in [6.07, 6.45) is 1.75. The molecule has 0 saturated carbocycles. The van der Waals surface area contributed by atoms with Gasteiger partial charge < -0.3 is 4.42 Å². The molecule has 6 heteroatoms. The summed E-state index contributed by atoms with van der Waals surface area (Å²) in [7, 11) is 0. The van der Waals surface area contributed by atoms with Crippen molar-refractivity contribution in [2.24, 2.45) is 0 Å². The van der Waals surface area contributed by atoms with Crippen LogP contribution in [0.4, 0.5) is 0 Å². The molecule has 0 bridgehead atoms. The molecular formula is C15H16N4OS. The Labute approximate surface area is 127 Å². The lowest BCUT2D eigenvalue weighted by molar-refractivity contribution is 0.551. The molecule has 2 heterocycles. The zero-order chi connectivity index (χ0) is 15.1. The maximum atomic E-state index is 5.37. The molecule has 0 radical (unpaired) electrons. The minimum atomic E-state index is 0.264. The van der Waals surface area contributed by atoms with Crippen LogP contribution in [0.2, 0.25) is 0 Å². The Morgan fingerprint density at radius 3 is 2.38 bits per heavy atom. The fourth-order valence-electron chi connectivity index (χ4n) is 2.70. The van der Waals surface area contributed by atoms with Gasteiger partial charge in [-0.3, -0.25) is 0 Å². The van der Waals surface area contributed by atoms with E-state index < -0.39 is 0 Å². The van der Waals surface area contributed by atoms with Gasteiger partial charge in [-0.1, -0.05) is 17.7 Å². The number of nitrogens with one attached hydrogen (secondary N) is 1. The van der Waals surface area contributed by atoms with Gasteiger partial charge in [0.05, 0.1) is 23.1 Å². The van der Waals surface area contributed by atoms with E-state index in [1.165, 1.54) is 16.7 Å². The minimum Gasteiger partial charge on any atom is -0.409 e. The van der Waals surface area contributed by atoms with Crippen LogP contribution in [0.3, 0.4) is 0 Å². The molecule has 0 aliphatic carbocycles. The van der Waals surface area contributed by atoms with E-state index in [2.05, 4.69) is 48.2 Å². The normalized spacial score (nSPS) is 11.0. The lowest BCUT2D eigenvalue weighted by Gasteiger charge is -2.13. The highest BCUT2D eigenvalue weighted by Gasteiger charge is 2.16. The van der Waals surface area contributed by atoms with Crippen molar-refractivity contribution >= 4 is 12.2 Å². The lowest BCUT2D eigenvalue weighted by Crippen LogP contribution is -2.04. The molecule has 0 aliphatic heterocycles. The zero-order valence-corrected chi connectivity index (χ0v) is 13.2. The molecule has 1 N–H and O–H groups in total. The van der Waals surface area contributed by atoms with Crippen molar-refractivity contribution in [1.29, 1.82) is 0 Å². The SMILES string of the molecule is Cc1cc(C)c(-n2ncc(-c3n[nH]c(=S)o3)c2C)c(C)c1. The van der Waals surface area contributed by atoms with Gasteiger partial charge in [-0.15, -0.1) is 5.10 Å². The Balaban J connectivity index is 2.18. The number of aromatic nitrogens is 4. The number of hydrogen-bond donors (Lipinski definition) is 1. The summed E-state index contributed by atoms with van der Waals surface area (Å²) in [5, 5.41) is 11.2. The second-order valence-corrected chi connectivity index (χ2v) is 5.59. The first-order valence-corrected chi connectivity index (χ1v) is 7.07. The summed E-state index contributed by atoms with van der Waals surface area (Å²) in [5.41, 5.74) is 6.52. The van der Waals surface area contributed by atoms with Crippen LogP contribution in [0.5, 0.6) is 0 Å². The molecule has 2 aromatic heterocycles. The van der Waals surface area contributed by atoms with Crippen molar-refractivity contribution in [3.8, 4) is 17.1 Å². The van der Waals surface area contributed by atoms with Crippen LogP contribution in [0, 0.1) is 32.5 Å². The summed E-state index contributed by atoms with van der Waals surface area (Å²) in [6.45, 7) is 8.28. The fraction of sp³-hybridized carbons (Fsp3) is 0.267. The van der Waals surface area contributed by atoms with Crippen molar-refractivity contribution in [3.63, 3.8) is 0 Å². The van der Waals surface area contributed by atoms with Crippen LogP contribution < -0.4 is 0 Å².